The summed E-state index contributed by atoms with van der Waals surface area (Å²) in [5, 5.41) is 0. The fraction of sp³-hybridized carbons (Fsp3) is 0.533. The molecule has 0 aliphatic rings. The standard InChI is InChI=1S/C15H20ClFO2/c16-10-5-3-1-2-4-6-11-19-15(18)13-8-7-9-14(17)12-13/h7-9,12H,1-6,10-11H2. The number of halogens is 2. The molecule has 0 aromatic heterocycles. The molecule has 0 unspecified atom stereocenters. The highest BCUT2D eigenvalue weighted by atomic mass is 35.5. The summed E-state index contributed by atoms with van der Waals surface area (Å²) in [6.45, 7) is 0.394. The first-order valence-corrected chi connectivity index (χ1v) is 7.26. The Labute approximate surface area is 118 Å². The van der Waals surface area contributed by atoms with Crippen molar-refractivity contribution >= 4 is 17.6 Å². The van der Waals surface area contributed by atoms with Crippen molar-refractivity contribution in [2.75, 3.05) is 12.5 Å². The van der Waals surface area contributed by atoms with Crippen LogP contribution in [0.15, 0.2) is 24.3 Å². The van der Waals surface area contributed by atoms with Crippen molar-refractivity contribution in [2.24, 2.45) is 0 Å². The van der Waals surface area contributed by atoms with Crippen molar-refractivity contribution < 1.29 is 13.9 Å². The molecule has 0 spiro atoms. The van der Waals surface area contributed by atoms with Crippen molar-refractivity contribution in [1.82, 2.24) is 0 Å². The van der Waals surface area contributed by atoms with Crippen molar-refractivity contribution in [3.63, 3.8) is 0 Å². The molecule has 0 bridgehead atoms. The van der Waals surface area contributed by atoms with Crippen LogP contribution >= 0.6 is 11.6 Å². The summed E-state index contributed by atoms with van der Waals surface area (Å²) in [6.07, 6.45) is 6.42. The third kappa shape index (κ3) is 7.16. The van der Waals surface area contributed by atoms with E-state index in [2.05, 4.69) is 0 Å². The molecule has 19 heavy (non-hydrogen) atoms. The van der Waals surface area contributed by atoms with E-state index in [9.17, 15) is 9.18 Å². The maximum atomic E-state index is 12.9. The van der Waals surface area contributed by atoms with Gasteiger partial charge in [-0.1, -0.05) is 31.7 Å². The Morgan fingerprint density at radius 2 is 1.79 bits per heavy atom. The number of unbranched alkanes of at least 4 members (excludes halogenated alkanes) is 5. The first-order chi connectivity index (χ1) is 9.24. The SMILES string of the molecule is O=C(OCCCCCCCCCl)c1cccc(F)c1. The smallest absolute Gasteiger partial charge is 0.338 e. The Morgan fingerprint density at radius 3 is 2.47 bits per heavy atom. The number of hydrogen-bond acceptors (Lipinski definition) is 2. The predicted molar refractivity (Wildman–Crippen MR) is 75.1 cm³/mol. The van der Waals surface area contributed by atoms with E-state index in [1.165, 1.54) is 24.6 Å². The van der Waals surface area contributed by atoms with Crippen LogP contribution in [0.5, 0.6) is 0 Å². The Hall–Kier alpha value is -1.09. The summed E-state index contributed by atoms with van der Waals surface area (Å²) in [4.78, 5) is 11.6. The largest absolute Gasteiger partial charge is 0.462 e. The van der Waals surface area contributed by atoms with E-state index in [-0.39, 0.29) is 5.56 Å². The molecular weight excluding hydrogens is 267 g/mol. The van der Waals surface area contributed by atoms with Crippen LogP contribution in [0.25, 0.3) is 0 Å². The molecule has 0 aliphatic heterocycles. The topological polar surface area (TPSA) is 26.3 Å². The van der Waals surface area contributed by atoms with Gasteiger partial charge in [0.05, 0.1) is 12.2 Å². The van der Waals surface area contributed by atoms with Crippen LogP contribution in [-0.2, 0) is 4.74 Å². The van der Waals surface area contributed by atoms with E-state index in [1.807, 2.05) is 0 Å². The fourth-order valence-corrected chi connectivity index (χ4v) is 1.96. The van der Waals surface area contributed by atoms with E-state index in [4.69, 9.17) is 16.3 Å². The minimum Gasteiger partial charge on any atom is -0.462 e. The number of rotatable bonds is 9. The van der Waals surface area contributed by atoms with Gasteiger partial charge in [0.1, 0.15) is 5.82 Å². The van der Waals surface area contributed by atoms with Crippen LogP contribution < -0.4 is 0 Å². The maximum absolute atomic E-state index is 12.9. The van der Waals surface area contributed by atoms with Crippen LogP contribution in [0.4, 0.5) is 4.39 Å². The minimum absolute atomic E-state index is 0.266. The van der Waals surface area contributed by atoms with Gasteiger partial charge in [-0.25, -0.2) is 9.18 Å². The number of carbonyl (C=O) groups excluding carboxylic acids is 1. The first kappa shape index (κ1) is 16.0. The molecule has 0 atom stereocenters. The average molecular weight is 287 g/mol. The van der Waals surface area contributed by atoms with Crippen molar-refractivity contribution in [2.45, 2.75) is 38.5 Å². The Balaban J connectivity index is 2.08. The van der Waals surface area contributed by atoms with Crippen LogP contribution in [0.2, 0.25) is 0 Å². The van der Waals surface area contributed by atoms with Gasteiger partial charge in [0, 0.05) is 5.88 Å². The zero-order valence-corrected chi connectivity index (χ0v) is 11.8. The molecular formula is C15H20ClFO2. The highest BCUT2D eigenvalue weighted by molar-refractivity contribution is 6.17. The van der Waals surface area contributed by atoms with Gasteiger partial charge in [-0.15, -0.1) is 11.6 Å². The van der Waals surface area contributed by atoms with Crippen LogP contribution in [0.3, 0.4) is 0 Å². The lowest BCUT2D eigenvalue weighted by Crippen LogP contribution is -2.06. The Kier molecular flexibility index (Phi) is 8.23. The van der Waals surface area contributed by atoms with Crippen LogP contribution in [0.1, 0.15) is 48.9 Å². The molecule has 0 heterocycles. The van der Waals surface area contributed by atoms with Gasteiger partial charge in [0.2, 0.25) is 0 Å². The van der Waals surface area contributed by atoms with Crippen LogP contribution in [0, 0.1) is 5.82 Å². The van der Waals surface area contributed by atoms with E-state index in [0.29, 0.717) is 6.61 Å². The van der Waals surface area contributed by atoms with Gasteiger partial charge in [-0.05, 0) is 31.0 Å². The molecule has 0 N–H and O–H groups in total. The normalized spacial score (nSPS) is 10.4. The van der Waals surface area contributed by atoms with E-state index >= 15 is 0 Å². The first-order valence-electron chi connectivity index (χ1n) is 6.72. The maximum Gasteiger partial charge on any atom is 0.338 e. The van der Waals surface area contributed by atoms with Gasteiger partial charge in [0.15, 0.2) is 0 Å². The third-order valence-corrected chi connectivity index (χ3v) is 3.09. The number of ether oxygens (including phenoxy) is 1. The van der Waals surface area contributed by atoms with Crippen molar-refractivity contribution in [1.29, 1.82) is 0 Å². The summed E-state index contributed by atoms with van der Waals surface area (Å²) in [5.41, 5.74) is 0.266. The molecule has 2 nitrogen and oxygen atoms in total. The second kappa shape index (κ2) is 9.79. The van der Waals surface area contributed by atoms with E-state index < -0.39 is 11.8 Å². The lowest BCUT2D eigenvalue weighted by atomic mass is 10.1. The summed E-state index contributed by atoms with van der Waals surface area (Å²) >= 11 is 5.58. The quantitative estimate of drug-likeness (QED) is 0.378. The Morgan fingerprint density at radius 1 is 1.11 bits per heavy atom. The molecule has 4 heteroatoms. The molecule has 1 aromatic carbocycles. The molecule has 0 fully saturated rings. The molecule has 0 amide bonds. The van der Waals surface area contributed by atoms with E-state index in [0.717, 1.165) is 38.0 Å². The Bertz CT molecular complexity index is 382. The van der Waals surface area contributed by atoms with Gasteiger partial charge >= 0.3 is 5.97 Å². The average Bonchev–Trinajstić information content (AvgIpc) is 2.41. The monoisotopic (exact) mass is 286 g/mol. The predicted octanol–water partition coefficient (Wildman–Crippen LogP) is 4.56. The minimum atomic E-state index is -0.457. The zero-order valence-electron chi connectivity index (χ0n) is 11.0. The molecule has 0 radical (unpaired) electrons. The molecule has 1 aromatic rings. The zero-order chi connectivity index (χ0) is 13.9. The molecule has 0 saturated carbocycles. The summed E-state index contributed by atoms with van der Waals surface area (Å²) in [7, 11) is 0. The summed E-state index contributed by atoms with van der Waals surface area (Å²) < 4.78 is 18.0. The van der Waals surface area contributed by atoms with Gasteiger partial charge in [0.25, 0.3) is 0 Å². The summed E-state index contributed by atoms with van der Waals surface area (Å²) in [5.74, 6) is -0.152. The third-order valence-electron chi connectivity index (χ3n) is 2.82. The van der Waals surface area contributed by atoms with Gasteiger partial charge in [-0.3, -0.25) is 0 Å². The van der Waals surface area contributed by atoms with Crippen molar-refractivity contribution in [3.8, 4) is 0 Å². The lowest BCUT2D eigenvalue weighted by Gasteiger charge is -2.05. The van der Waals surface area contributed by atoms with Crippen molar-refractivity contribution in [3.05, 3.63) is 35.6 Å². The summed E-state index contributed by atoms with van der Waals surface area (Å²) in [6, 6.07) is 5.55. The molecule has 0 saturated heterocycles. The second-order valence-corrected chi connectivity index (χ2v) is 4.83. The fourth-order valence-electron chi connectivity index (χ4n) is 1.77. The second-order valence-electron chi connectivity index (χ2n) is 4.46. The van der Waals surface area contributed by atoms with Crippen LogP contribution in [-0.4, -0.2) is 18.5 Å². The number of hydrogen-bond donors (Lipinski definition) is 0. The number of esters is 1. The lowest BCUT2D eigenvalue weighted by molar-refractivity contribution is 0.0497. The van der Waals surface area contributed by atoms with Gasteiger partial charge in [-0.2, -0.15) is 0 Å². The van der Waals surface area contributed by atoms with E-state index in [1.54, 1.807) is 6.07 Å². The molecule has 0 aliphatic carbocycles. The number of benzene rings is 1. The molecule has 106 valence electrons. The van der Waals surface area contributed by atoms with Gasteiger partial charge < -0.3 is 4.74 Å². The highest BCUT2D eigenvalue weighted by Crippen LogP contribution is 2.08. The number of carbonyl (C=O) groups is 1. The molecule has 1 rings (SSSR count). The number of alkyl halides is 1. The highest BCUT2D eigenvalue weighted by Gasteiger charge is 2.07.